The average molecular weight is 263 g/mol. The summed E-state index contributed by atoms with van der Waals surface area (Å²) < 4.78 is 10.4. The number of nitrogens with zero attached hydrogens (tertiary/aromatic N) is 1. The maximum absolute atomic E-state index is 12.1. The van der Waals surface area contributed by atoms with Gasteiger partial charge in [-0.05, 0) is 18.6 Å². The van der Waals surface area contributed by atoms with Crippen molar-refractivity contribution in [2.45, 2.75) is 6.42 Å². The molecular weight excluding hydrogens is 250 g/mol. The molecule has 0 spiro atoms. The number of amides is 1. The fraction of sp³-hybridized carbons (Fsp3) is 0.385. The van der Waals surface area contributed by atoms with Crippen LogP contribution in [0.4, 0.5) is 5.69 Å². The number of rotatable bonds is 3. The largest absolute Gasteiger partial charge is 0.481 e. The molecule has 1 aliphatic heterocycles. The number of carbonyl (C=O) groups excluding carboxylic acids is 1. The first-order valence-corrected chi connectivity index (χ1v) is 5.98. The summed E-state index contributed by atoms with van der Waals surface area (Å²) in [4.78, 5) is 24.4. The van der Waals surface area contributed by atoms with Crippen molar-refractivity contribution in [3.63, 3.8) is 0 Å². The number of anilines is 1. The van der Waals surface area contributed by atoms with Crippen molar-refractivity contribution in [3.8, 4) is 11.5 Å². The molecule has 1 fully saturated rings. The van der Waals surface area contributed by atoms with E-state index in [-0.39, 0.29) is 12.7 Å². The molecule has 6 heteroatoms. The molecule has 3 rings (SSSR count). The number of hydrogen-bond donors (Lipinski definition) is 1. The third-order valence-electron chi connectivity index (χ3n) is 3.50. The third-order valence-corrected chi connectivity index (χ3v) is 3.50. The van der Waals surface area contributed by atoms with Crippen molar-refractivity contribution in [1.82, 2.24) is 0 Å². The van der Waals surface area contributed by atoms with Gasteiger partial charge < -0.3 is 19.5 Å². The Morgan fingerprint density at radius 1 is 1.26 bits per heavy atom. The maximum Gasteiger partial charge on any atom is 0.307 e. The highest BCUT2D eigenvalue weighted by Gasteiger charge is 2.49. The second-order valence-electron chi connectivity index (χ2n) is 4.72. The number of carbonyl (C=O) groups is 2. The SMILES string of the molecule is CN(C(=O)C1CC1C(=O)O)c1ccc2c(c1)OCO2. The van der Waals surface area contributed by atoms with Crippen molar-refractivity contribution in [2.24, 2.45) is 11.8 Å². The van der Waals surface area contributed by atoms with E-state index >= 15 is 0 Å². The molecule has 0 bridgehead atoms. The Balaban J connectivity index is 1.75. The lowest BCUT2D eigenvalue weighted by atomic mass is 10.2. The van der Waals surface area contributed by atoms with Crippen LogP contribution in [-0.2, 0) is 9.59 Å². The second-order valence-corrected chi connectivity index (χ2v) is 4.72. The van der Waals surface area contributed by atoms with Crippen LogP contribution in [-0.4, -0.2) is 30.8 Å². The summed E-state index contributed by atoms with van der Waals surface area (Å²) in [6.45, 7) is 0.181. The van der Waals surface area contributed by atoms with E-state index in [9.17, 15) is 9.59 Å². The van der Waals surface area contributed by atoms with Crippen molar-refractivity contribution >= 4 is 17.6 Å². The lowest BCUT2D eigenvalue weighted by Gasteiger charge is -2.17. The standard InChI is InChI=1S/C13H13NO5/c1-14(12(15)8-5-9(8)13(16)17)7-2-3-10-11(4-7)19-6-18-10/h2-4,8-9H,5-6H2,1H3,(H,16,17). The van der Waals surface area contributed by atoms with Gasteiger partial charge in [0.15, 0.2) is 11.5 Å². The van der Waals surface area contributed by atoms with E-state index in [0.717, 1.165) is 0 Å². The Bertz CT molecular complexity index is 556. The van der Waals surface area contributed by atoms with Gasteiger partial charge in [0.25, 0.3) is 0 Å². The van der Waals surface area contributed by atoms with Crippen LogP contribution >= 0.6 is 0 Å². The van der Waals surface area contributed by atoms with E-state index in [2.05, 4.69) is 0 Å². The number of carboxylic acids is 1. The van der Waals surface area contributed by atoms with E-state index in [1.54, 1.807) is 25.2 Å². The van der Waals surface area contributed by atoms with Crippen LogP contribution in [0.1, 0.15) is 6.42 Å². The molecule has 0 radical (unpaired) electrons. The van der Waals surface area contributed by atoms with Crippen molar-refractivity contribution in [3.05, 3.63) is 18.2 Å². The number of benzene rings is 1. The monoisotopic (exact) mass is 263 g/mol. The molecule has 1 aliphatic carbocycles. The molecule has 1 heterocycles. The van der Waals surface area contributed by atoms with Crippen LogP contribution in [0.3, 0.4) is 0 Å². The van der Waals surface area contributed by atoms with E-state index in [0.29, 0.717) is 23.6 Å². The molecule has 0 aromatic heterocycles. The molecule has 19 heavy (non-hydrogen) atoms. The Labute approximate surface area is 109 Å². The highest BCUT2D eigenvalue weighted by atomic mass is 16.7. The molecule has 1 amide bonds. The van der Waals surface area contributed by atoms with Crippen LogP contribution in [0, 0.1) is 11.8 Å². The minimum absolute atomic E-state index is 0.175. The number of aliphatic carboxylic acids is 1. The molecule has 1 saturated carbocycles. The Hall–Kier alpha value is -2.24. The van der Waals surface area contributed by atoms with Crippen LogP contribution in [0.2, 0.25) is 0 Å². The summed E-state index contributed by atoms with van der Waals surface area (Å²) in [5, 5.41) is 8.84. The summed E-state index contributed by atoms with van der Waals surface area (Å²) >= 11 is 0. The summed E-state index contributed by atoms with van der Waals surface area (Å²) in [6, 6.07) is 5.21. The summed E-state index contributed by atoms with van der Waals surface area (Å²) in [5.74, 6) is -0.775. The molecular formula is C13H13NO5. The minimum Gasteiger partial charge on any atom is -0.481 e. The van der Waals surface area contributed by atoms with Gasteiger partial charge in [0.2, 0.25) is 12.7 Å². The first kappa shape index (κ1) is 11.8. The number of ether oxygens (including phenoxy) is 2. The van der Waals surface area contributed by atoms with Gasteiger partial charge in [-0.1, -0.05) is 0 Å². The average Bonchev–Trinajstić information content (AvgIpc) is 3.07. The fourth-order valence-electron chi connectivity index (χ4n) is 2.21. The van der Waals surface area contributed by atoms with Crippen LogP contribution < -0.4 is 14.4 Å². The molecule has 0 saturated heterocycles. The highest BCUT2D eigenvalue weighted by molar-refractivity contribution is 5.99. The molecule has 6 nitrogen and oxygen atoms in total. The van der Waals surface area contributed by atoms with Crippen molar-refractivity contribution in [2.75, 3.05) is 18.7 Å². The molecule has 1 N–H and O–H groups in total. The quantitative estimate of drug-likeness (QED) is 0.883. The van der Waals surface area contributed by atoms with Gasteiger partial charge in [-0.15, -0.1) is 0 Å². The van der Waals surface area contributed by atoms with Crippen LogP contribution in [0.5, 0.6) is 11.5 Å². The fourth-order valence-corrected chi connectivity index (χ4v) is 2.21. The Kier molecular flexibility index (Phi) is 2.58. The molecule has 1 aromatic carbocycles. The van der Waals surface area contributed by atoms with Gasteiger partial charge in [0, 0.05) is 18.8 Å². The summed E-state index contributed by atoms with van der Waals surface area (Å²) in [6.07, 6.45) is 0.420. The highest BCUT2D eigenvalue weighted by Crippen LogP contribution is 2.41. The Morgan fingerprint density at radius 3 is 2.68 bits per heavy atom. The molecule has 2 aliphatic rings. The summed E-state index contributed by atoms with van der Waals surface area (Å²) in [5.41, 5.74) is 0.672. The maximum atomic E-state index is 12.1. The van der Waals surface area contributed by atoms with E-state index in [1.165, 1.54) is 4.90 Å². The zero-order valence-electron chi connectivity index (χ0n) is 10.3. The smallest absolute Gasteiger partial charge is 0.307 e. The van der Waals surface area contributed by atoms with Gasteiger partial charge in [-0.2, -0.15) is 0 Å². The van der Waals surface area contributed by atoms with Gasteiger partial charge in [-0.3, -0.25) is 9.59 Å². The van der Waals surface area contributed by atoms with Gasteiger partial charge >= 0.3 is 5.97 Å². The molecule has 2 unspecified atom stereocenters. The summed E-state index contributed by atoms with van der Waals surface area (Å²) in [7, 11) is 1.64. The predicted octanol–water partition coefficient (Wildman–Crippen LogP) is 1.10. The Morgan fingerprint density at radius 2 is 2.00 bits per heavy atom. The van der Waals surface area contributed by atoms with Gasteiger partial charge in [0.05, 0.1) is 11.8 Å². The lowest BCUT2D eigenvalue weighted by Crippen LogP contribution is -2.28. The van der Waals surface area contributed by atoms with Gasteiger partial charge in [-0.25, -0.2) is 0 Å². The number of carboxylic acid groups (broad SMARTS) is 1. The van der Waals surface area contributed by atoms with E-state index in [1.807, 2.05) is 0 Å². The third kappa shape index (κ3) is 1.99. The second kappa shape index (κ2) is 4.15. The van der Waals surface area contributed by atoms with Crippen LogP contribution in [0.15, 0.2) is 18.2 Å². The van der Waals surface area contributed by atoms with Crippen LogP contribution in [0.25, 0.3) is 0 Å². The van der Waals surface area contributed by atoms with Crippen molar-refractivity contribution < 1.29 is 24.2 Å². The number of hydrogen-bond acceptors (Lipinski definition) is 4. The first-order valence-electron chi connectivity index (χ1n) is 5.98. The molecule has 100 valence electrons. The molecule has 1 aromatic rings. The van der Waals surface area contributed by atoms with E-state index < -0.39 is 17.8 Å². The predicted molar refractivity (Wildman–Crippen MR) is 65.2 cm³/mol. The zero-order chi connectivity index (χ0) is 13.6. The minimum atomic E-state index is -0.905. The molecule has 2 atom stereocenters. The first-order chi connectivity index (χ1) is 9.08. The van der Waals surface area contributed by atoms with Gasteiger partial charge in [0.1, 0.15) is 0 Å². The lowest BCUT2D eigenvalue weighted by molar-refractivity contribution is -0.139. The topological polar surface area (TPSA) is 76.1 Å². The van der Waals surface area contributed by atoms with Crippen molar-refractivity contribution in [1.29, 1.82) is 0 Å². The van der Waals surface area contributed by atoms with E-state index in [4.69, 9.17) is 14.6 Å². The number of fused-ring (bicyclic) bond motifs is 1. The normalized spacial score (nSPS) is 23.0. The zero-order valence-corrected chi connectivity index (χ0v) is 10.3.